The molecule has 2 aromatic rings. The second-order valence-corrected chi connectivity index (χ2v) is 4.33. The first-order valence-electron chi connectivity index (χ1n) is 5.59. The summed E-state index contributed by atoms with van der Waals surface area (Å²) in [6.45, 7) is 1.89. The number of nitrogens with zero attached hydrogens (tertiary/aromatic N) is 3. The number of hydrogen-bond donors (Lipinski definition) is 2. The van der Waals surface area contributed by atoms with Crippen molar-refractivity contribution in [2.24, 2.45) is 14.1 Å². The van der Waals surface area contributed by atoms with Crippen molar-refractivity contribution < 1.29 is 14.7 Å². The van der Waals surface area contributed by atoms with Gasteiger partial charge in [-0.1, -0.05) is 0 Å². The predicted octanol–water partition coefficient (Wildman–Crippen LogP) is 1.02. The number of carbonyl (C=O) groups is 2. The van der Waals surface area contributed by atoms with Crippen LogP contribution in [0.3, 0.4) is 0 Å². The minimum Gasteiger partial charge on any atom is -0.475 e. The van der Waals surface area contributed by atoms with Gasteiger partial charge in [0.25, 0.3) is 5.91 Å². The van der Waals surface area contributed by atoms with Gasteiger partial charge in [-0.3, -0.25) is 4.79 Å². The van der Waals surface area contributed by atoms with Gasteiger partial charge in [0.05, 0.1) is 0 Å². The van der Waals surface area contributed by atoms with Crippen LogP contribution in [0.1, 0.15) is 26.7 Å². The lowest BCUT2D eigenvalue weighted by Crippen LogP contribution is -2.15. The summed E-state index contributed by atoms with van der Waals surface area (Å²) in [5, 5.41) is 11.5. The third-order valence-electron chi connectivity index (χ3n) is 2.68. The lowest BCUT2D eigenvalue weighted by Gasteiger charge is -2.02. The molecule has 0 aliphatic heterocycles. The van der Waals surface area contributed by atoms with Crippen LogP contribution in [-0.4, -0.2) is 31.1 Å². The van der Waals surface area contributed by atoms with Gasteiger partial charge < -0.3 is 19.6 Å². The molecule has 0 unspecified atom stereocenters. The van der Waals surface area contributed by atoms with Crippen LogP contribution in [0, 0.1) is 6.92 Å². The predicted molar refractivity (Wildman–Crippen MR) is 68.3 cm³/mol. The molecule has 2 rings (SSSR count). The number of carboxylic acids is 1. The lowest BCUT2D eigenvalue weighted by atomic mass is 10.3. The minimum atomic E-state index is -1.14. The molecular formula is C12H14N4O3. The summed E-state index contributed by atoms with van der Waals surface area (Å²) < 4.78 is 3.04. The molecule has 0 spiro atoms. The second-order valence-electron chi connectivity index (χ2n) is 4.33. The first kappa shape index (κ1) is 12.9. The Bertz CT molecular complexity index is 654. The first-order chi connectivity index (χ1) is 8.88. The van der Waals surface area contributed by atoms with Gasteiger partial charge >= 0.3 is 5.97 Å². The highest BCUT2D eigenvalue weighted by Gasteiger charge is 2.16. The maximum Gasteiger partial charge on any atom is 0.372 e. The quantitative estimate of drug-likeness (QED) is 0.864. The van der Waals surface area contributed by atoms with Gasteiger partial charge in [0.2, 0.25) is 5.82 Å². The number of amides is 1. The fraction of sp³-hybridized carbons (Fsp3) is 0.250. The van der Waals surface area contributed by atoms with Crippen molar-refractivity contribution in [1.82, 2.24) is 14.1 Å². The summed E-state index contributed by atoms with van der Waals surface area (Å²) >= 11 is 0. The van der Waals surface area contributed by atoms with E-state index >= 15 is 0 Å². The molecule has 2 N–H and O–H groups in total. The van der Waals surface area contributed by atoms with Gasteiger partial charge in [-0.25, -0.2) is 9.78 Å². The summed E-state index contributed by atoms with van der Waals surface area (Å²) in [4.78, 5) is 26.7. The highest BCUT2D eigenvalue weighted by Crippen LogP contribution is 2.11. The van der Waals surface area contributed by atoms with E-state index in [0.717, 1.165) is 5.56 Å². The molecule has 7 heteroatoms. The molecule has 0 radical (unpaired) electrons. The van der Waals surface area contributed by atoms with Crippen LogP contribution in [0.2, 0.25) is 0 Å². The summed E-state index contributed by atoms with van der Waals surface area (Å²) in [5.74, 6) is -1.38. The lowest BCUT2D eigenvalue weighted by molar-refractivity contribution is 0.0679. The van der Waals surface area contributed by atoms with Gasteiger partial charge in [0.1, 0.15) is 5.69 Å². The molecule has 0 aliphatic rings. The van der Waals surface area contributed by atoms with Crippen LogP contribution < -0.4 is 5.32 Å². The van der Waals surface area contributed by atoms with Crippen molar-refractivity contribution in [3.05, 3.63) is 35.5 Å². The van der Waals surface area contributed by atoms with Gasteiger partial charge in [-0.05, 0) is 18.6 Å². The number of rotatable bonds is 3. The average Bonchev–Trinajstić information content (AvgIpc) is 2.81. The largest absolute Gasteiger partial charge is 0.475 e. The summed E-state index contributed by atoms with van der Waals surface area (Å²) in [7, 11) is 3.32. The van der Waals surface area contributed by atoms with Gasteiger partial charge in [-0.2, -0.15) is 0 Å². The summed E-state index contributed by atoms with van der Waals surface area (Å²) in [5.41, 5.74) is 1.46. The molecule has 0 saturated heterocycles. The molecule has 2 heterocycles. The first-order valence-corrected chi connectivity index (χ1v) is 5.59. The number of aryl methyl sites for hydroxylation is 3. The van der Waals surface area contributed by atoms with Crippen molar-refractivity contribution in [3.63, 3.8) is 0 Å². The zero-order valence-corrected chi connectivity index (χ0v) is 10.8. The van der Waals surface area contributed by atoms with Crippen molar-refractivity contribution >= 4 is 17.7 Å². The number of aromatic nitrogens is 3. The smallest absolute Gasteiger partial charge is 0.372 e. The zero-order valence-electron chi connectivity index (χ0n) is 10.8. The molecule has 0 fully saturated rings. The number of hydrogen-bond acceptors (Lipinski definition) is 3. The molecule has 2 aromatic heterocycles. The highest BCUT2D eigenvalue weighted by molar-refractivity contribution is 6.03. The third-order valence-corrected chi connectivity index (χ3v) is 2.68. The van der Waals surface area contributed by atoms with Crippen LogP contribution in [-0.2, 0) is 14.1 Å². The zero-order chi connectivity index (χ0) is 14.2. The number of carboxylic acid groups (broad SMARTS) is 1. The summed E-state index contributed by atoms with van der Waals surface area (Å²) in [6, 6.07) is 1.75. The number of carbonyl (C=O) groups excluding carboxylic acids is 1. The molecular weight excluding hydrogens is 248 g/mol. The monoisotopic (exact) mass is 262 g/mol. The number of anilines is 1. The van der Waals surface area contributed by atoms with Crippen LogP contribution in [0.25, 0.3) is 0 Å². The molecule has 0 saturated carbocycles. The fourth-order valence-corrected chi connectivity index (χ4v) is 1.86. The normalized spacial score (nSPS) is 10.5. The molecule has 0 aromatic carbocycles. The van der Waals surface area contributed by atoms with Crippen molar-refractivity contribution in [1.29, 1.82) is 0 Å². The van der Waals surface area contributed by atoms with Crippen LogP contribution in [0.4, 0.5) is 5.82 Å². The number of nitrogens with one attached hydrogen (secondary N) is 1. The van der Waals surface area contributed by atoms with E-state index < -0.39 is 5.97 Å². The summed E-state index contributed by atoms with van der Waals surface area (Å²) in [6.07, 6.45) is 3.28. The standard InChI is InChI=1S/C12H14N4O3/c1-7-4-8(15(2)5-7)11(17)14-9-6-16(3)10(13-9)12(18)19/h4-6H,1-3H3,(H,14,17)(H,18,19). The topological polar surface area (TPSA) is 89.2 Å². The molecule has 100 valence electrons. The van der Waals surface area contributed by atoms with E-state index in [9.17, 15) is 9.59 Å². The van der Waals surface area contributed by atoms with Gasteiger partial charge in [-0.15, -0.1) is 0 Å². The third kappa shape index (κ3) is 2.49. The molecule has 0 bridgehead atoms. The van der Waals surface area contributed by atoms with Crippen LogP contribution >= 0.6 is 0 Å². The van der Waals surface area contributed by atoms with Crippen LogP contribution in [0.5, 0.6) is 0 Å². The average molecular weight is 262 g/mol. The van der Waals surface area contributed by atoms with E-state index in [4.69, 9.17) is 5.11 Å². The van der Waals surface area contributed by atoms with E-state index in [0.29, 0.717) is 5.69 Å². The fourth-order valence-electron chi connectivity index (χ4n) is 1.86. The molecule has 0 atom stereocenters. The van der Waals surface area contributed by atoms with Crippen LogP contribution in [0.15, 0.2) is 18.5 Å². The molecule has 19 heavy (non-hydrogen) atoms. The Balaban J connectivity index is 2.22. The Morgan fingerprint density at radius 3 is 2.42 bits per heavy atom. The highest BCUT2D eigenvalue weighted by atomic mass is 16.4. The number of imidazole rings is 1. The van der Waals surface area contributed by atoms with E-state index in [1.807, 2.05) is 13.1 Å². The SMILES string of the molecule is Cc1cc(C(=O)Nc2cn(C)c(C(=O)O)n2)n(C)c1. The Labute approximate surface area is 109 Å². The second kappa shape index (κ2) is 4.60. The molecule has 1 amide bonds. The minimum absolute atomic E-state index is 0.127. The van der Waals surface area contributed by atoms with Gasteiger partial charge in [0.15, 0.2) is 5.82 Å². The van der Waals surface area contributed by atoms with E-state index in [2.05, 4.69) is 10.3 Å². The molecule has 7 nitrogen and oxygen atoms in total. The molecule has 0 aliphatic carbocycles. The van der Waals surface area contributed by atoms with Crippen molar-refractivity contribution in [2.75, 3.05) is 5.32 Å². The number of aromatic carboxylic acids is 1. The maximum atomic E-state index is 12.0. The maximum absolute atomic E-state index is 12.0. The Kier molecular flexibility index (Phi) is 3.12. The van der Waals surface area contributed by atoms with E-state index in [-0.39, 0.29) is 17.5 Å². The van der Waals surface area contributed by atoms with E-state index in [1.165, 1.54) is 10.8 Å². The van der Waals surface area contributed by atoms with Crippen molar-refractivity contribution in [3.8, 4) is 0 Å². The van der Waals surface area contributed by atoms with Crippen molar-refractivity contribution in [2.45, 2.75) is 6.92 Å². The Hall–Kier alpha value is -2.57. The Morgan fingerprint density at radius 1 is 1.26 bits per heavy atom. The Morgan fingerprint density at radius 2 is 1.95 bits per heavy atom. The van der Waals surface area contributed by atoms with E-state index in [1.54, 1.807) is 24.7 Å². The van der Waals surface area contributed by atoms with Gasteiger partial charge in [0, 0.05) is 26.5 Å².